The lowest BCUT2D eigenvalue weighted by atomic mass is 10.1. The van der Waals surface area contributed by atoms with Gasteiger partial charge in [0, 0.05) is 25.7 Å². The average Bonchev–Trinajstić information content (AvgIpc) is 1.10. The Kier molecular flexibility index (Phi) is 65.7. The lowest BCUT2D eigenvalue weighted by molar-refractivity contribution is -0.161. The van der Waals surface area contributed by atoms with Crippen molar-refractivity contribution in [2.75, 3.05) is 39.6 Å². The number of ether oxygens (including phenoxy) is 4. The third-order valence-electron chi connectivity index (χ3n) is 14.9. The van der Waals surface area contributed by atoms with Crippen molar-refractivity contribution in [2.45, 2.75) is 303 Å². The molecule has 0 fully saturated rings. The van der Waals surface area contributed by atoms with E-state index in [4.69, 9.17) is 37.0 Å². The Morgan fingerprint density at radius 2 is 0.562 bits per heavy atom. The third kappa shape index (κ3) is 68.0. The van der Waals surface area contributed by atoms with Crippen molar-refractivity contribution in [3.63, 3.8) is 0 Å². The van der Waals surface area contributed by atoms with E-state index < -0.39 is 97.5 Å². The first-order chi connectivity index (χ1) is 46.7. The van der Waals surface area contributed by atoms with Crippen molar-refractivity contribution >= 4 is 39.5 Å². The number of phosphoric acid groups is 2. The first-order valence-corrected chi connectivity index (χ1v) is 39.8. The van der Waals surface area contributed by atoms with Crippen molar-refractivity contribution in [2.24, 2.45) is 0 Å². The van der Waals surface area contributed by atoms with Gasteiger partial charge in [-0.05, 0) is 141 Å². The van der Waals surface area contributed by atoms with Crippen LogP contribution in [0.5, 0.6) is 0 Å². The zero-order valence-electron chi connectivity index (χ0n) is 59.8. The molecule has 0 heterocycles. The van der Waals surface area contributed by atoms with Crippen LogP contribution in [0.15, 0.2) is 122 Å². The molecule has 0 aromatic carbocycles. The molecular weight excluding hydrogens is 1260 g/mol. The van der Waals surface area contributed by atoms with Crippen LogP contribution in [0.25, 0.3) is 0 Å². The largest absolute Gasteiger partial charge is 0.472 e. The van der Waals surface area contributed by atoms with Crippen LogP contribution < -0.4 is 0 Å². The van der Waals surface area contributed by atoms with Gasteiger partial charge in [-0.2, -0.15) is 0 Å². The molecule has 0 saturated carbocycles. The third-order valence-corrected chi connectivity index (χ3v) is 16.8. The molecule has 0 bridgehead atoms. The molecule has 5 unspecified atom stereocenters. The highest BCUT2D eigenvalue weighted by Gasteiger charge is 2.30. The number of unbranched alkanes of at least 4 members (excludes halogenated alkanes) is 22. The van der Waals surface area contributed by atoms with Gasteiger partial charge in [0.15, 0.2) is 12.2 Å². The highest BCUT2D eigenvalue weighted by Crippen LogP contribution is 2.45. The Hall–Kier alpha value is -4.54. The minimum absolute atomic E-state index is 0.0729. The van der Waals surface area contributed by atoms with Crippen molar-refractivity contribution < 1.29 is 80.2 Å². The fraction of sp³-hybridized carbons (Fsp3) is 0.688. The molecule has 3 N–H and O–H groups in total. The molecule has 0 aromatic rings. The molecular formula is C77H130O17P2. The molecule has 96 heavy (non-hydrogen) atoms. The van der Waals surface area contributed by atoms with Crippen LogP contribution in [0.3, 0.4) is 0 Å². The minimum atomic E-state index is -4.98. The second-order valence-corrected chi connectivity index (χ2v) is 27.0. The van der Waals surface area contributed by atoms with E-state index in [0.29, 0.717) is 25.7 Å². The standard InChI is InChI=1S/C77H130O17P2/c1-5-9-13-17-21-25-29-32-34-35-37-40-43-46-50-54-58-62-75(80)88-68-73(94-77(82)64-60-56-52-48-44-38-31-27-23-19-15-11-7-3)70-92-96(85,86)90-66-71(78)65-89-95(83,84)91-69-72(93-76(81)63-59-55-51-47-41-28-24-20-16-12-8-4)67-87-74(79)61-57-53-49-45-42-39-36-33-30-26-22-18-14-10-6-2/h9-10,13-15,19-22,24-27,31-34,36,42,45,71-73,78H,5-8,11-12,16-18,23,28-30,35,37-41,43-44,46-70H2,1-4H3,(H,83,84)(H,85,86)/b13-9-,14-10-,19-15-,24-20-,25-21-,26-22-,31-27-,34-32-,36-33-,45-42-. The van der Waals surface area contributed by atoms with Crippen LogP contribution in [0.1, 0.15) is 285 Å². The number of allylic oxidation sites excluding steroid dienone is 20. The topological polar surface area (TPSA) is 237 Å². The highest BCUT2D eigenvalue weighted by atomic mass is 31.2. The molecule has 0 saturated heterocycles. The van der Waals surface area contributed by atoms with Gasteiger partial charge in [-0.1, -0.05) is 239 Å². The molecule has 550 valence electrons. The highest BCUT2D eigenvalue weighted by molar-refractivity contribution is 7.47. The zero-order chi connectivity index (χ0) is 70.4. The Morgan fingerprint density at radius 1 is 0.302 bits per heavy atom. The number of hydrogen-bond acceptors (Lipinski definition) is 15. The van der Waals surface area contributed by atoms with Gasteiger partial charge in [-0.15, -0.1) is 0 Å². The molecule has 19 heteroatoms. The molecule has 0 aromatic heterocycles. The van der Waals surface area contributed by atoms with Gasteiger partial charge in [0.05, 0.1) is 26.4 Å². The second-order valence-electron chi connectivity index (χ2n) is 24.1. The number of carbonyl (C=O) groups is 4. The SMILES string of the molecule is CC/C=C\C/C=C\C/C=C\C/C=C\CCCCC(=O)OCC(COP(=O)(O)OCC(O)COP(=O)(O)OCC(COC(=O)CCCCCCCCC/C=C\C/C=C\C/C=C\CC)OC(=O)CCCCCCC/C=C\C/C=C\CCC)OC(=O)CCCCCCC/C=C\CCCC. The molecule has 5 atom stereocenters. The van der Waals surface area contributed by atoms with E-state index in [1.165, 1.54) is 12.8 Å². The van der Waals surface area contributed by atoms with E-state index in [1.54, 1.807) is 0 Å². The molecule has 17 nitrogen and oxygen atoms in total. The minimum Gasteiger partial charge on any atom is -0.462 e. The number of aliphatic hydroxyl groups excluding tert-OH is 1. The fourth-order valence-electron chi connectivity index (χ4n) is 9.30. The summed E-state index contributed by atoms with van der Waals surface area (Å²) in [6.07, 6.45) is 73.5. The summed E-state index contributed by atoms with van der Waals surface area (Å²) in [5.74, 6) is -2.26. The van der Waals surface area contributed by atoms with Crippen molar-refractivity contribution in [3.8, 4) is 0 Å². The van der Waals surface area contributed by atoms with E-state index >= 15 is 0 Å². The summed E-state index contributed by atoms with van der Waals surface area (Å²) in [6.45, 7) is 4.44. The number of hydrogen-bond donors (Lipinski definition) is 3. The van der Waals surface area contributed by atoms with E-state index in [2.05, 4.69) is 149 Å². The predicted octanol–water partition coefficient (Wildman–Crippen LogP) is 20.8. The first-order valence-electron chi connectivity index (χ1n) is 36.8. The number of aliphatic hydroxyl groups is 1. The van der Waals surface area contributed by atoms with E-state index in [0.717, 1.165) is 193 Å². The Balaban J connectivity index is 5.36. The van der Waals surface area contributed by atoms with Crippen LogP contribution in [0.4, 0.5) is 0 Å². The van der Waals surface area contributed by atoms with Crippen LogP contribution >= 0.6 is 15.6 Å². The van der Waals surface area contributed by atoms with Gasteiger partial charge in [-0.3, -0.25) is 37.3 Å². The Morgan fingerprint density at radius 3 is 0.906 bits per heavy atom. The first kappa shape index (κ1) is 91.5. The van der Waals surface area contributed by atoms with Gasteiger partial charge in [0.2, 0.25) is 0 Å². The van der Waals surface area contributed by atoms with E-state index in [9.17, 15) is 43.2 Å². The van der Waals surface area contributed by atoms with Gasteiger partial charge >= 0.3 is 39.5 Å². The summed E-state index contributed by atoms with van der Waals surface area (Å²) in [7, 11) is -9.96. The normalized spacial score (nSPS) is 14.7. The monoisotopic (exact) mass is 1390 g/mol. The van der Waals surface area contributed by atoms with Crippen molar-refractivity contribution in [1.29, 1.82) is 0 Å². The maximum Gasteiger partial charge on any atom is 0.472 e. The quantitative estimate of drug-likeness (QED) is 0.0169. The lowest BCUT2D eigenvalue weighted by Gasteiger charge is -2.21. The molecule has 0 spiro atoms. The summed E-state index contributed by atoms with van der Waals surface area (Å²) in [6, 6.07) is 0. The van der Waals surface area contributed by atoms with Crippen molar-refractivity contribution in [1.82, 2.24) is 0 Å². The number of esters is 4. The summed E-state index contributed by atoms with van der Waals surface area (Å²) in [5, 5.41) is 10.6. The predicted molar refractivity (Wildman–Crippen MR) is 390 cm³/mol. The molecule has 0 aliphatic heterocycles. The second kappa shape index (κ2) is 69.0. The van der Waals surface area contributed by atoms with Crippen LogP contribution in [0, 0.1) is 0 Å². The molecule has 0 aliphatic carbocycles. The average molecular weight is 1390 g/mol. The van der Waals surface area contributed by atoms with Gasteiger partial charge in [0.1, 0.15) is 19.3 Å². The fourth-order valence-corrected chi connectivity index (χ4v) is 10.9. The van der Waals surface area contributed by atoms with Crippen LogP contribution in [-0.2, 0) is 65.4 Å². The lowest BCUT2D eigenvalue weighted by Crippen LogP contribution is -2.30. The Bertz CT molecular complexity index is 2300. The molecule has 0 aliphatic rings. The zero-order valence-corrected chi connectivity index (χ0v) is 61.5. The maximum absolute atomic E-state index is 13.1. The van der Waals surface area contributed by atoms with Gasteiger partial charge < -0.3 is 33.8 Å². The summed E-state index contributed by atoms with van der Waals surface area (Å²) in [4.78, 5) is 72.7. The summed E-state index contributed by atoms with van der Waals surface area (Å²) >= 11 is 0. The van der Waals surface area contributed by atoms with Crippen molar-refractivity contribution in [3.05, 3.63) is 122 Å². The summed E-state index contributed by atoms with van der Waals surface area (Å²) in [5.41, 5.74) is 0. The Labute approximate surface area is 581 Å². The summed E-state index contributed by atoms with van der Waals surface area (Å²) < 4.78 is 68.3. The maximum atomic E-state index is 13.1. The smallest absolute Gasteiger partial charge is 0.462 e. The number of rotatable bonds is 68. The van der Waals surface area contributed by atoms with Gasteiger partial charge in [0.25, 0.3) is 0 Å². The number of phosphoric ester groups is 2. The van der Waals surface area contributed by atoms with E-state index in [1.807, 2.05) is 0 Å². The molecule has 0 radical (unpaired) electrons. The molecule has 0 rings (SSSR count). The number of carbonyl (C=O) groups excluding carboxylic acids is 4. The van der Waals surface area contributed by atoms with Gasteiger partial charge in [-0.25, -0.2) is 9.13 Å². The van der Waals surface area contributed by atoms with Crippen LogP contribution in [0.2, 0.25) is 0 Å². The van der Waals surface area contributed by atoms with E-state index in [-0.39, 0.29) is 25.7 Å². The van der Waals surface area contributed by atoms with Crippen LogP contribution in [-0.4, -0.2) is 96.7 Å². The molecule has 0 amide bonds.